The molecule has 1 saturated heterocycles. The lowest BCUT2D eigenvalue weighted by Gasteiger charge is -2.39. The minimum atomic E-state index is -3.62. The summed E-state index contributed by atoms with van der Waals surface area (Å²) in [6.45, 7) is 0.569. The lowest BCUT2D eigenvalue weighted by molar-refractivity contribution is -0.133. The van der Waals surface area contributed by atoms with Crippen molar-refractivity contribution in [2.24, 2.45) is 0 Å². The number of carbonyl (C=O) groups is 3. The number of furan rings is 1. The number of nitrogens with one attached hydrogen (secondary N) is 2. The van der Waals surface area contributed by atoms with Crippen LogP contribution in [0.3, 0.4) is 0 Å². The normalized spacial score (nSPS) is 18.7. The maximum absolute atomic E-state index is 13.5. The summed E-state index contributed by atoms with van der Waals surface area (Å²) in [6, 6.07) is 16.0. The number of benzene rings is 2. The topological polar surface area (TPSA) is 135 Å². The van der Waals surface area contributed by atoms with Crippen LogP contribution < -0.4 is 20.3 Å². The van der Waals surface area contributed by atoms with Crippen molar-refractivity contribution in [2.45, 2.75) is 60.8 Å². The van der Waals surface area contributed by atoms with Crippen LogP contribution in [0, 0.1) is 0 Å². The van der Waals surface area contributed by atoms with E-state index in [9.17, 15) is 22.8 Å². The average molecular weight is 594 g/mol. The van der Waals surface area contributed by atoms with Gasteiger partial charge in [-0.1, -0.05) is 37.5 Å². The van der Waals surface area contributed by atoms with Gasteiger partial charge in [-0.05, 0) is 61.7 Å². The summed E-state index contributed by atoms with van der Waals surface area (Å²) < 4.78 is 36.6. The van der Waals surface area contributed by atoms with Crippen molar-refractivity contribution in [1.82, 2.24) is 10.6 Å². The molecule has 222 valence electrons. The summed E-state index contributed by atoms with van der Waals surface area (Å²) >= 11 is 0. The van der Waals surface area contributed by atoms with Crippen LogP contribution in [0.25, 0.3) is 0 Å². The Labute approximate surface area is 245 Å². The molecular formula is C31H35N3O7S. The van der Waals surface area contributed by atoms with Gasteiger partial charge in [-0.25, -0.2) is 8.42 Å². The van der Waals surface area contributed by atoms with E-state index in [-0.39, 0.29) is 34.6 Å². The Morgan fingerprint density at radius 3 is 2.43 bits per heavy atom. The third-order valence-electron chi connectivity index (χ3n) is 8.07. The van der Waals surface area contributed by atoms with Gasteiger partial charge in [0.05, 0.1) is 36.6 Å². The zero-order chi connectivity index (χ0) is 29.7. The predicted molar refractivity (Wildman–Crippen MR) is 156 cm³/mol. The number of ketones is 1. The second kappa shape index (κ2) is 12.4. The third kappa shape index (κ3) is 6.35. The van der Waals surface area contributed by atoms with Gasteiger partial charge in [-0.15, -0.1) is 0 Å². The molecule has 1 aliphatic heterocycles. The molecule has 2 amide bonds. The number of amides is 2. The SMILES string of the molecule is COc1ccccc1CS(=O)(=O)c1ccc(N2CCC(NC(=O)C3(NC(=O)c4ccco4)CCCCC3)C(=O)C2)cc1. The summed E-state index contributed by atoms with van der Waals surface area (Å²) in [5, 5.41) is 5.80. The summed E-state index contributed by atoms with van der Waals surface area (Å²) in [5.41, 5.74) is 0.207. The molecule has 1 aliphatic carbocycles. The van der Waals surface area contributed by atoms with Gasteiger partial charge in [-0.3, -0.25) is 14.4 Å². The number of rotatable bonds is 9. The lowest BCUT2D eigenvalue weighted by atomic mass is 9.80. The molecule has 0 radical (unpaired) electrons. The Hall–Kier alpha value is -4.12. The van der Waals surface area contributed by atoms with Crippen LogP contribution in [0.1, 0.15) is 54.6 Å². The molecule has 0 bridgehead atoms. The second-order valence-electron chi connectivity index (χ2n) is 10.8. The predicted octanol–water partition coefficient (Wildman–Crippen LogP) is 3.66. The summed E-state index contributed by atoms with van der Waals surface area (Å²) in [7, 11) is -2.11. The first kappa shape index (κ1) is 29.4. The summed E-state index contributed by atoms with van der Waals surface area (Å²) in [6.07, 6.45) is 5.34. The molecule has 0 spiro atoms. The monoisotopic (exact) mass is 593 g/mol. The van der Waals surface area contributed by atoms with E-state index in [0.29, 0.717) is 37.1 Å². The largest absolute Gasteiger partial charge is 0.496 e. The first-order chi connectivity index (χ1) is 20.2. The van der Waals surface area contributed by atoms with E-state index in [1.165, 1.54) is 13.4 Å². The third-order valence-corrected chi connectivity index (χ3v) is 9.75. The van der Waals surface area contributed by atoms with E-state index in [1.54, 1.807) is 60.7 Å². The fraction of sp³-hybridized carbons (Fsp3) is 0.387. The number of carbonyl (C=O) groups excluding carboxylic acids is 3. The van der Waals surface area contributed by atoms with Gasteiger partial charge in [0.25, 0.3) is 5.91 Å². The highest BCUT2D eigenvalue weighted by Crippen LogP contribution is 2.30. The van der Waals surface area contributed by atoms with Crippen molar-refractivity contribution in [1.29, 1.82) is 0 Å². The minimum Gasteiger partial charge on any atom is -0.496 e. The molecule has 1 aromatic heterocycles. The summed E-state index contributed by atoms with van der Waals surface area (Å²) in [5.74, 6) is -0.490. The van der Waals surface area contributed by atoms with Gasteiger partial charge in [0.1, 0.15) is 11.3 Å². The van der Waals surface area contributed by atoms with Gasteiger partial charge in [0.15, 0.2) is 21.4 Å². The van der Waals surface area contributed by atoms with Crippen molar-refractivity contribution in [3.63, 3.8) is 0 Å². The summed E-state index contributed by atoms with van der Waals surface area (Å²) in [4.78, 5) is 41.4. The number of piperidine rings is 1. The van der Waals surface area contributed by atoms with Gasteiger partial charge in [0.2, 0.25) is 5.91 Å². The van der Waals surface area contributed by atoms with E-state index in [1.807, 2.05) is 4.90 Å². The molecule has 3 aromatic rings. The smallest absolute Gasteiger partial charge is 0.287 e. The first-order valence-corrected chi connectivity index (χ1v) is 15.8. The Bertz CT molecular complexity index is 1530. The quantitative estimate of drug-likeness (QED) is 0.384. The average Bonchev–Trinajstić information content (AvgIpc) is 3.54. The van der Waals surface area contributed by atoms with Crippen LogP contribution in [0.4, 0.5) is 5.69 Å². The molecule has 1 unspecified atom stereocenters. The highest BCUT2D eigenvalue weighted by Gasteiger charge is 2.43. The Kier molecular flexibility index (Phi) is 8.67. The molecule has 2 aromatic carbocycles. The van der Waals surface area contributed by atoms with Crippen LogP contribution in [-0.4, -0.2) is 57.8 Å². The zero-order valence-electron chi connectivity index (χ0n) is 23.5. The van der Waals surface area contributed by atoms with Crippen LogP contribution in [-0.2, 0) is 25.2 Å². The lowest BCUT2D eigenvalue weighted by Crippen LogP contribution is -2.63. The number of para-hydroxylation sites is 1. The molecular weight excluding hydrogens is 558 g/mol. The number of Topliss-reactive ketones (excluding diaryl/α,β-unsaturated/α-hetero) is 1. The Morgan fingerprint density at radius 2 is 1.76 bits per heavy atom. The number of methoxy groups -OCH3 is 1. The van der Waals surface area contributed by atoms with Crippen molar-refractivity contribution in [2.75, 3.05) is 25.1 Å². The maximum atomic E-state index is 13.5. The maximum Gasteiger partial charge on any atom is 0.287 e. The van der Waals surface area contributed by atoms with Gasteiger partial charge < -0.3 is 24.7 Å². The molecule has 1 atom stereocenters. The fourth-order valence-corrected chi connectivity index (χ4v) is 7.08. The second-order valence-corrected chi connectivity index (χ2v) is 12.8. The van der Waals surface area contributed by atoms with Crippen LogP contribution in [0.15, 0.2) is 76.2 Å². The molecule has 42 heavy (non-hydrogen) atoms. The highest BCUT2D eigenvalue weighted by molar-refractivity contribution is 7.90. The van der Waals surface area contributed by atoms with Crippen molar-refractivity contribution in [3.05, 3.63) is 78.3 Å². The number of ether oxygens (including phenoxy) is 1. The molecule has 2 N–H and O–H groups in total. The van der Waals surface area contributed by atoms with Crippen LogP contribution >= 0.6 is 0 Å². The molecule has 2 aliphatic rings. The van der Waals surface area contributed by atoms with E-state index in [2.05, 4.69) is 10.6 Å². The van der Waals surface area contributed by atoms with Crippen molar-refractivity contribution >= 4 is 33.1 Å². The van der Waals surface area contributed by atoms with E-state index in [0.717, 1.165) is 24.9 Å². The van der Waals surface area contributed by atoms with Gasteiger partial charge in [0, 0.05) is 17.8 Å². The molecule has 11 heteroatoms. The standard InChI is InChI=1S/C31H35N3O7S/c1-40-27-9-4-3-8-22(27)21-42(38,39)24-13-11-23(12-14-24)34-18-15-25(26(35)20-34)32-30(37)31(16-5-2-6-17-31)33-29(36)28-10-7-19-41-28/h3-4,7-14,19,25H,2,5-6,15-18,20-21H2,1H3,(H,32,37)(H,33,36). The van der Waals surface area contributed by atoms with Crippen LogP contribution in [0.5, 0.6) is 5.75 Å². The van der Waals surface area contributed by atoms with E-state index < -0.39 is 27.3 Å². The molecule has 5 rings (SSSR count). The fourth-order valence-electron chi connectivity index (χ4n) is 5.72. The van der Waals surface area contributed by atoms with E-state index in [4.69, 9.17) is 9.15 Å². The van der Waals surface area contributed by atoms with Crippen LogP contribution in [0.2, 0.25) is 0 Å². The molecule has 2 heterocycles. The van der Waals surface area contributed by atoms with Crippen molar-refractivity contribution in [3.8, 4) is 5.75 Å². The van der Waals surface area contributed by atoms with Crippen molar-refractivity contribution < 1.29 is 32.0 Å². The molecule has 2 fully saturated rings. The number of sulfone groups is 1. The Morgan fingerprint density at radius 1 is 1.02 bits per heavy atom. The number of hydrogen-bond acceptors (Lipinski definition) is 8. The Balaban J connectivity index is 1.21. The van der Waals surface area contributed by atoms with E-state index >= 15 is 0 Å². The number of hydrogen-bond donors (Lipinski definition) is 2. The minimum absolute atomic E-state index is 0.0734. The molecule has 1 saturated carbocycles. The number of anilines is 1. The first-order valence-electron chi connectivity index (χ1n) is 14.1. The molecule has 10 nitrogen and oxygen atoms in total. The van der Waals surface area contributed by atoms with Gasteiger partial charge in [-0.2, -0.15) is 0 Å². The number of nitrogens with zero attached hydrogens (tertiary/aromatic N) is 1. The highest BCUT2D eigenvalue weighted by atomic mass is 32.2. The van der Waals surface area contributed by atoms with Gasteiger partial charge >= 0.3 is 0 Å². The zero-order valence-corrected chi connectivity index (χ0v) is 24.3.